The number of nitrogens with two attached hydrogens (primary N) is 1. The van der Waals surface area contributed by atoms with Gasteiger partial charge in [0.05, 0.1) is 16.6 Å². The monoisotopic (exact) mass is 307 g/mol. The standard InChI is InChI=1S/C17H13N3O3/c18-16(21)12-3-1-11(2-4-12)10-23-17(22)13-5-6-14-15(9-13)20-8-7-19-14/h1-9H,10H2,(H2,18,21). The molecule has 0 radical (unpaired) electrons. The molecule has 2 aromatic carbocycles. The average molecular weight is 307 g/mol. The van der Waals surface area contributed by atoms with Gasteiger partial charge in [-0.2, -0.15) is 0 Å². The van der Waals surface area contributed by atoms with Gasteiger partial charge in [0.2, 0.25) is 5.91 Å². The number of carbonyl (C=O) groups excluding carboxylic acids is 2. The zero-order valence-electron chi connectivity index (χ0n) is 12.1. The molecule has 6 heteroatoms. The minimum atomic E-state index is -0.495. The second kappa shape index (κ2) is 6.23. The van der Waals surface area contributed by atoms with E-state index in [4.69, 9.17) is 10.5 Å². The lowest BCUT2D eigenvalue weighted by Gasteiger charge is -2.06. The summed E-state index contributed by atoms with van der Waals surface area (Å²) < 4.78 is 5.26. The Morgan fingerprint density at radius 1 is 0.913 bits per heavy atom. The van der Waals surface area contributed by atoms with Gasteiger partial charge in [-0.1, -0.05) is 12.1 Å². The normalized spacial score (nSPS) is 10.4. The second-order valence-electron chi connectivity index (χ2n) is 4.90. The fourth-order valence-electron chi connectivity index (χ4n) is 2.09. The molecule has 0 bridgehead atoms. The van der Waals surface area contributed by atoms with Gasteiger partial charge in [-0.05, 0) is 35.9 Å². The third-order valence-electron chi connectivity index (χ3n) is 3.31. The highest BCUT2D eigenvalue weighted by atomic mass is 16.5. The van der Waals surface area contributed by atoms with Crippen LogP contribution in [0.1, 0.15) is 26.3 Å². The molecule has 2 N–H and O–H groups in total. The van der Waals surface area contributed by atoms with Gasteiger partial charge in [-0.3, -0.25) is 14.8 Å². The van der Waals surface area contributed by atoms with E-state index < -0.39 is 11.9 Å². The fourth-order valence-corrected chi connectivity index (χ4v) is 2.09. The number of benzene rings is 2. The lowest BCUT2D eigenvalue weighted by atomic mass is 10.1. The van der Waals surface area contributed by atoms with Gasteiger partial charge < -0.3 is 10.5 Å². The van der Waals surface area contributed by atoms with Gasteiger partial charge in [0.1, 0.15) is 6.61 Å². The Morgan fingerprint density at radius 2 is 1.57 bits per heavy atom. The number of carbonyl (C=O) groups is 2. The number of esters is 1. The number of nitrogens with zero attached hydrogens (tertiary/aromatic N) is 2. The number of primary amides is 1. The molecule has 3 rings (SSSR count). The maximum absolute atomic E-state index is 12.1. The van der Waals surface area contributed by atoms with E-state index in [9.17, 15) is 9.59 Å². The Morgan fingerprint density at radius 3 is 2.26 bits per heavy atom. The summed E-state index contributed by atoms with van der Waals surface area (Å²) in [7, 11) is 0. The molecule has 0 unspecified atom stereocenters. The molecule has 0 saturated carbocycles. The molecule has 23 heavy (non-hydrogen) atoms. The number of hydrogen-bond donors (Lipinski definition) is 1. The summed E-state index contributed by atoms with van der Waals surface area (Å²) in [6, 6.07) is 11.6. The molecule has 0 spiro atoms. The summed E-state index contributed by atoms with van der Waals surface area (Å²) in [6.07, 6.45) is 3.16. The van der Waals surface area contributed by atoms with Crippen LogP contribution in [-0.4, -0.2) is 21.8 Å². The number of rotatable bonds is 4. The largest absolute Gasteiger partial charge is 0.457 e. The SMILES string of the molecule is NC(=O)c1ccc(COC(=O)c2ccc3nccnc3c2)cc1. The fraction of sp³-hybridized carbons (Fsp3) is 0.0588. The van der Waals surface area contributed by atoms with E-state index in [-0.39, 0.29) is 6.61 Å². The van der Waals surface area contributed by atoms with Gasteiger partial charge in [0.15, 0.2) is 0 Å². The zero-order valence-corrected chi connectivity index (χ0v) is 12.1. The van der Waals surface area contributed by atoms with Crippen molar-refractivity contribution in [1.82, 2.24) is 9.97 Å². The number of fused-ring (bicyclic) bond motifs is 1. The first kappa shape index (κ1) is 14.6. The molecular formula is C17H13N3O3. The maximum atomic E-state index is 12.1. The predicted octanol–water partition coefficient (Wildman–Crippen LogP) is 2.09. The van der Waals surface area contributed by atoms with Gasteiger partial charge in [-0.25, -0.2) is 4.79 Å². The van der Waals surface area contributed by atoms with Crippen molar-refractivity contribution in [2.45, 2.75) is 6.61 Å². The molecular weight excluding hydrogens is 294 g/mol. The van der Waals surface area contributed by atoms with Crippen LogP contribution in [0, 0.1) is 0 Å². The molecule has 0 saturated heterocycles. The first-order valence-corrected chi connectivity index (χ1v) is 6.90. The Hall–Kier alpha value is -3.28. The predicted molar refractivity (Wildman–Crippen MR) is 83.6 cm³/mol. The van der Waals surface area contributed by atoms with Crippen molar-refractivity contribution in [3.05, 3.63) is 71.5 Å². The molecule has 0 aliphatic carbocycles. The lowest BCUT2D eigenvalue weighted by Crippen LogP contribution is -2.11. The van der Waals surface area contributed by atoms with Crippen LogP contribution >= 0.6 is 0 Å². The molecule has 1 amide bonds. The van der Waals surface area contributed by atoms with E-state index in [2.05, 4.69) is 9.97 Å². The van der Waals surface area contributed by atoms with E-state index in [0.29, 0.717) is 22.2 Å². The number of aromatic nitrogens is 2. The quantitative estimate of drug-likeness (QED) is 0.745. The van der Waals surface area contributed by atoms with Crippen LogP contribution in [0.15, 0.2) is 54.9 Å². The van der Waals surface area contributed by atoms with Crippen LogP contribution in [0.5, 0.6) is 0 Å². The van der Waals surface area contributed by atoms with Crippen LogP contribution in [-0.2, 0) is 11.3 Å². The molecule has 3 aromatic rings. The van der Waals surface area contributed by atoms with Crippen molar-refractivity contribution in [3.8, 4) is 0 Å². The summed E-state index contributed by atoms with van der Waals surface area (Å²) in [5.74, 6) is -0.942. The molecule has 0 atom stereocenters. The average Bonchev–Trinajstić information content (AvgIpc) is 2.59. The Balaban J connectivity index is 1.69. The third-order valence-corrected chi connectivity index (χ3v) is 3.31. The minimum absolute atomic E-state index is 0.108. The van der Waals surface area contributed by atoms with Crippen LogP contribution in [0.4, 0.5) is 0 Å². The Kier molecular flexibility index (Phi) is 3.97. The van der Waals surface area contributed by atoms with E-state index in [1.165, 1.54) is 0 Å². The maximum Gasteiger partial charge on any atom is 0.338 e. The molecule has 0 aliphatic rings. The van der Waals surface area contributed by atoms with E-state index >= 15 is 0 Å². The van der Waals surface area contributed by atoms with Gasteiger partial charge >= 0.3 is 5.97 Å². The van der Waals surface area contributed by atoms with Crippen molar-refractivity contribution in [3.63, 3.8) is 0 Å². The molecule has 6 nitrogen and oxygen atoms in total. The first-order valence-electron chi connectivity index (χ1n) is 6.90. The third kappa shape index (κ3) is 3.32. The molecule has 0 fully saturated rings. The summed E-state index contributed by atoms with van der Waals surface area (Å²) in [5.41, 5.74) is 8.11. The van der Waals surface area contributed by atoms with Crippen molar-refractivity contribution < 1.29 is 14.3 Å². The summed E-state index contributed by atoms with van der Waals surface area (Å²) >= 11 is 0. The van der Waals surface area contributed by atoms with E-state index in [1.54, 1.807) is 54.9 Å². The van der Waals surface area contributed by atoms with Crippen molar-refractivity contribution in [2.24, 2.45) is 5.73 Å². The number of ether oxygens (including phenoxy) is 1. The van der Waals surface area contributed by atoms with Crippen molar-refractivity contribution in [1.29, 1.82) is 0 Å². The number of hydrogen-bond acceptors (Lipinski definition) is 5. The van der Waals surface area contributed by atoms with E-state index in [1.807, 2.05) is 0 Å². The highest BCUT2D eigenvalue weighted by Crippen LogP contribution is 2.13. The number of amides is 1. The molecule has 0 aliphatic heterocycles. The minimum Gasteiger partial charge on any atom is -0.457 e. The Labute approximate surface area is 131 Å². The highest BCUT2D eigenvalue weighted by molar-refractivity contribution is 5.93. The highest BCUT2D eigenvalue weighted by Gasteiger charge is 2.09. The Bertz CT molecular complexity index is 876. The molecule has 1 heterocycles. The summed E-state index contributed by atoms with van der Waals surface area (Å²) in [6.45, 7) is 0.108. The van der Waals surface area contributed by atoms with Gasteiger partial charge in [0.25, 0.3) is 0 Å². The van der Waals surface area contributed by atoms with Gasteiger partial charge in [-0.15, -0.1) is 0 Å². The zero-order chi connectivity index (χ0) is 16.2. The van der Waals surface area contributed by atoms with Gasteiger partial charge in [0, 0.05) is 18.0 Å². The summed E-state index contributed by atoms with van der Waals surface area (Å²) in [4.78, 5) is 31.4. The van der Waals surface area contributed by atoms with Crippen LogP contribution in [0.2, 0.25) is 0 Å². The van der Waals surface area contributed by atoms with E-state index in [0.717, 1.165) is 5.56 Å². The topological polar surface area (TPSA) is 95.2 Å². The smallest absolute Gasteiger partial charge is 0.338 e. The van der Waals surface area contributed by atoms with Crippen LogP contribution in [0.3, 0.4) is 0 Å². The molecule has 1 aromatic heterocycles. The second-order valence-corrected chi connectivity index (χ2v) is 4.90. The van der Waals surface area contributed by atoms with Crippen molar-refractivity contribution >= 4 is 22.9 Å². The molecule has 114 valence electrons. The van der Waals surface area contributed by atoms with Crippen LogP contribution < -0.4 is 5.73 Å². The van der Waals surface area contributed by atoms with Crippen molar-refractivity contribution in [2.75, 3.05) is 0 Å². The summed E-state index contributed by atoms with van der Waals surface area (Å²) in [5, 5.41) is 0. The van der Waals surface area contributed by atoms with Crippen LogP contribution in [0.25, 0.3) is 11.0 Å². The first-order chi connectivity index (χ1) is 11.1. The lowest BCUT2D eigenvalue weighted by molar-refractivity contribution is 0.0472.